The molecular weight excluding hydrogens is 270 g/mol. The molecule has 1 unspecified atom stereocenters. The lowest BCUT2D eigenvalue weighted by Gasteiger charge is -2.15. The molecule has 21 heavy (non-hydrogen) atoms. The molecule has 0 heterocycles. The van der Waals surface area contributed by atoms with Gasteiger partial charge in [0.2, 0.25) is 0 Å². The van der Waals surface area contributed by atoms with Crippen molar-refractivity contribution in [2.24, 2.45) is 0 Å². The molecular formula is C16H21NO4. The predicted octanol–water partition coefficient (Wildman–Crippen LogP) is 3.22. The summed E-state index contributed by atoms with van der Waals surface area (Å²) in [5.74, 6) is -0.476. The molecule has 0 aromatic heterocycles. The van der Waals surface area contributed by atoms with Crippen LogP contribution in [-0.2, 0) is 9.53 Å². The first-order valence-electron chi connectivity index (χ1n) is 7.37. The van der Waals surface area contributed by atoms with Crippen molar-refractivity contribution < 1.29 is 19.4 Å². The summed E-state index contributed by atoms with van der Waals surface area (Å²) in [6, 6.07) is 6.32. The lowest BCUT2D eigenvalue weighted by Crippen LogP contribution is -2.34. The molecule has 1 aliphatic carbocycles. The van der Waals surface area contributed by atoms with E-state index in [4.69, 9.17) is 4.74 Å². The summed E-state index contributed by atoms with van der Waals surface area (Å²) in [4.78, 5) is 22.9. The fourth-order valence-corrected chi connectivity index (χ4v) is 2.13. The maximum Gasteiger partial charge on any atom is 0.408 e. The highest BCUT2D eigenvalue weighted by atomic mass is 16.5. The highest BCUT2D eigenvalue weighted by molar-refractivity contribution is 5.81. The predicted molar refractivity (Wildman–Crippen MR) is 78.2 cm³/mol. The number of benzene rings is 1. The molecule has 0 aliphatic heterocycles. The van der Waals surface area contributed by atoms with Crippen LogP contribution >= 0.6 is 0 Å². The second-order valence-electron chi connectivity index (χ2n) is 5.35. The molecule has 0 bridgehead atoms. The molecule has 1 atom stereocenters. The number of hydrogen-bond acceptors (Lipinski definition) is 3. The van der Waals surface area contributed by atoms with Crippen LogP contribution < -0.4 is 5.32 Å². The number of hydrogen-bond donors (Lipinski definition) is 2. The van der Waals surface area contributed by atoms with Gasteiger partial charge in [0.1, 0.15) is 0 Å². The van der Waals surface area contributed by atoms with Gasteiger partial charge in [-0.3, -0.25) is 0 Å². The molecule has 2 rings (SSSR count). The van der Waals surface area contributed by atoms with Gasteiger partial charge in [-0.15, -0.1) is 0 Å². The van der Waals surface area contributed by atoms with Crippen molar-refractivity contribution in [2.45, 2.75) is 44.6 Å². The maximum absolute atomic E-state index is 11.6. The van der Waals surface area contributed by atoms with Gasteiger partial charge in [0.25, 0.3) is 0 Å². The Balaban J connectivity index is 1.97. The molecule has 1 amide bonds. The molecule has 114 valence electrons. The Morgan fingerprint density at radius 2 is 2.00 bits per heavy atom. The third-order valence-electron chi connectivity index (χ3n) is 3.56. The first kappa shape index (κ1) is 15.4. The second kappa shape index (κ2) is 7.11. The van der Waals surface area contributed by atoms with E-state index in [1.165, 1.54) is 18.4 Å². The molecule has 1 fully saturated rings. The third kappa shape index (κ3) is 4.48. The minimum Gasteiger partial charge on any atom is -0.479 e. The van der Waals surface area contributed by atoms with Crippen LogP contribution in [0.25, 0.3) is 0 Å². The average molecular weight is 291 g/mol. The fourth-order valence-electron chi connectivity index (χ4n) is 2.13. The zero-order valence-electron chi connectivity index (χ0n) is 12.2. The summed E-state index contributed by atoms with van der Waals surface area (Å²) in [7, 11) is 0. The van der Waals surface area contributed by atoms with Gasteiger partial charge in [-0.05, 0) is 36.3 Å². The zero-order valence-corrected chi connectivity index (χ0v) is 12.2. The topological polar surface area (TPSA) is 75.6 Å². The number of aliphatic carboxylic acids is 1. The Morgan fingerprint density at radius 3 is 2.52 bits per heavy atom. The van der Waals surface area contributed by atoms with Crippen molar-refractivity contribution in [3.05, 3.63) is 35.4 Å². The summed E-state index contributed by atoms with van der Waals surface area (Å²) in [6.07, 6.45) is 3.38. The number of carboxylic acid groups (broad SMARTS) is 1. The van der Waals surface area contributed by atoms with Crippen LogP contribution in [0, 0.1) is 0 Å². The number of alkyl carbamates (subject to hydrolysis) is 1. The monoisotopic (exact) mass is 291 g/mol. The molecule has 0 saturated heterocycles. The minimum atomic E-state index is -1.10. The van der Waals surface area contributed by atoms with Crippen molar-refractivity contribution in [3.8, 4) is 0 Å². The van der Waals surface area contributed by atoms with E-state index < -0.39 is 18.1 Å². The lowest BCUT2D eigenvalue weighted by molar-refractivity contribution is -0.139. The van der Waals surface area contributed by atoms with E-state index in [0.29, 0.717) is 18.1 Å². The first-order valence-corrected chi connectivity index (χ1v) is 7.37. The van der Waals surface area contributed by atoms with Gasteiger partial charge in [0.05, 0.1) is 6.61 Å². The quantitative estimate of drug-likeness (QED) is 0.756. The molecule has 0 spiro atoms. The van der Waals surface area contributed by atoms with Crippen LogP contribution in [0.3, 0.4) is 0 Å². The first-order chi connectivity index (χ1) is 10.1. The van der Waals surface area contributed by atoms with E-state index in [-0.39, 0.29) is 0 Å². The number of carbonyl (C=O) groups is 2. The lowest BCUT2D eigenvalue weighted by atomic mass is 10.0. The number of rotatable bonds is 7. The van der Waals surface area contributed by atoms with Gasteiger partial charge in [0, 0.05) is 0 Å². The number of unbranched alkanes of at least 4 members (excludes halogenated alkanes) is 1. The van der Waals surface area contributed by atoms with Gasteiger partial charge in [0.15, 0.2) is 6.04 Å². The zero-order chi connectivity index (χ0) is 15.2. The normalized spacial score (nSPS) is 15.3. The van der Waals surface area contributed by atoms with Gasteiger partial charge in [-0.1, -0.05) is 37.6 Å². The summed E-state index contributed by atoms with van der Waals surface area (Å²) >= 11 is 0. The van der Waals surface area contributed by atoms with E-state index >= 15 is 0 Å². The fraction of sp³-hybridized carbons (Fsp3) is 0.500. The van der Waals surface area contributed by atoms with Crippen LogP contribution in [0.1, 0.15) is 55.7 Å². The number of carbonyl (C=O) groups excluding carboxylic acids is 1. The Labute approximate surface area is 124 Å². The van der Waals surface area contributed by atoms with Crippen molar-refractivity contribution in [2.75, 3.05) is 6.61 Å². The highest BCUT2D eigenvalue weighted by Gasteiger charge is 2.25. The maximum atomic E-state index is 11.6. The molecule has 1 aliphatic rings. The van der Waals surface area contributed by atoms with Crippen LogP contribution in [0.5, 0.6) is 0 Å². The van der Waals surface area contributed by atoms with E-state index in [1.54, 1.807) is 12.1 Å². The molecule has 5 nitrogen and oxygen atoms in total. The summed E-state index contributed by atoms with van der Waals surface area (Å²) in [5.41, 5.74) is 1.78. The van der Waals surface area contributed by atoms with Gasteiger partial charge < -0.3 is 15.2 Å². The van der Waals surface area contributed by atoms with Crippen molar-refractivity contribution >= 4 is 12.1 Å². The minimum absolute atomic E-state index is 0.301. The van der Waals surface area contributed by atoms with E-state index in [1.807, 2.05) is 19.1 Å². The largest absolute Gasteiger partial charge is 0.479 e. The molecule has 1 aromatic carbocycles. The summed E-state index contributed by atoms with van der Waals surface area (Å²) < 4.78 is 4.94. The van der Waals surface area contributed by atoms with E-state index in [2.05, 4.69) is 5.32 Å². The smallest absolute Gasteiger partial charge is 0.408 e. The number of nitrogens with one attached hydrogen (secondary N) is 1. The molecule has 1 aromatic rings. The van der Waals surface area contributed by atoms with Gasteiger partial charge in [-0.2, -0.15) is 0 Å². The van der Waals surface area contributed by atoms with Crippen molar-refractivity contribution in [1.29, 1.82) is 0 Å². The van der Waals surface area contributed by atoms with Crippen LogP contribution in [0.2, 0.25) is 0 Å². The van der Waals surface area contributed by atoms with Gasteiger partial charge >= 0.3 is 12.1 Å². The average Bonchev–Trinajstić information content (AvgIpc) is 3.30. The Hall–Kier alpha value is -2.04. The van der Waals surface area contributed by atoms with Crippen LogP contribution in [0.15, 0.2) is 24.3 Å². The van der Waals surface area contributed by atoms with Gasteiger partial charge in [-0.25, -0.2) is 9.59 Å². The number of carboxylic acids is 1. The van der Waals surface area contributed by atoms with Crippen LogP contribution in [-0.4, -0.2) is 23.8 Å². The standard InChI is InChI=1S/C16H21NO4/c1-2-3-10-21-16(20)17-14(15(18)19)13-8-6-12(7-9-13)11-4-5-11/h6-9,11,14H,2-5,10H2,1H3,(H,17,20)(H,18,19). The molecule has 1 saturated carbocycles. The highest BCUT2D eigenvalue weighted by Crippen LogP contribution is 2.40. The Bertz CT molecular complexity index is 494. The SMILES string of the molecule is CCCCOC(=O)NC(C(=O)O)c1ccc(C2CC2)cc1. The van der Waals surface area contributed by atoms with E-state index in [0.717, 1.165) is 12.8 Å². The molecule has 2 N–H and O–H groups in total. The second-order valence-corrected chi connectivity index (χ2v) is 5.35. The Morgan fingerprint density at radius 1 is 1.33 bits per heavy atom. The molecule has 5 heteroatoms. The van der Waals surface area contributed by atoms with E-state index in [9.17, 15) is 14.7 Å². The summed E-state index contributed by atoms with van der Waals surface area (Å²) in [5, 5.41) is 11.7. The van der Waals surface area contributed by atoms with Crippen molar-refractivity contribution in [1.82, 2.24) is 5.32 Å². The number of ether oxygens (including phenoxy) is 1. The number of amides is 1. The third-order valence-corrected chi connectivity index (χ3v) is 3.56. The molecule has 0 radical (unpaired) electrons. The Kier molecular flexibility index (Phi) is 5.20. The summed E-state index contributed by atoms with van der Waals surface area (Å²) in [6.45, 7) is 2.29. The van der Waals surface area contributed by atoms with Crippen LogP contribution in [0.4, 0.5) is 4.79 Å². The van der Waals surface area contributed by atoms with Crippen molar-refractivity contribution in [3.63, 3.8) is 0 Å².